The molecular weight excluding hydrogens is 192 g/mol. The summed E-state index contributed by atoms with van der Waals surface area (Å²) < 4.78 is 4.88. The molecule has 1 aliphatic rings. The van der Waals surface area contributed by atoms with Gasteiger partial charge in [0.25, 0.3) is 0 Å². The molecule has 1 unspecified atom stereocenters. The summed E-state index contributed by atoms with van der Waals surface area (Å²) in [6.07, 6.45) is 1.03. The second kappa shape index (κ2) is 6.08. The minimum Gasteiger partial charge on any atom is -0.375 e. The van der Waals surface area contributed by atoms with Gasteiger partial charge >= 0.3 is 0 Å². The van der Waals surface area contributed by atoms with Gasteiger partial charge in [-0.1, -0.05) is 13.8 Å². The Morgan fingerprint density at radius 3 is 2.93 bits per heavy atom. The van der Waals surface area contributed by atoms with Gasteiger partial charge in [-0.15, -0.1) is 0 Å². The monoisotopic (exact) mass is 214 g/mol. The van der Waals surface area contributed by atoms with Crippen LogP contribution < -0.4 is 5.32 Å². The van der Waals surface area contributed by atoms with Gasteiger partial charge in [0.15, 0.2) is 0 Å². The zero-order chi connectivity index (χ0) is 11.3. The number of hydrogen-bond donors (Lipinski definition) is 1. The van der Waals surface area contributed by atoms with Gasteiger partial charge in [-0.25, -0.2) is 0 Å². The molecule has 4 heteroatoms. The molecular formula is C11H22N2O2. The summed E-state index contributed by atoms with van der Waals surface area (Å²) in [5.41, 5.74) is 0. The Morgan fingerprint density at radius 2 is 2.33 bits per heavy atom. The number of carbonyl (C=O) groups is 1. The largest absolute Gasteiger partial charge is 0.375 e. The van der Waals surface area contributed by atoms with E-state index in [0.717, 1.165) is 26.1 Å². The Hall–Kier alpha value is -0.610. The highest BCUT2D eigenvalue weighted by Gasteiger charge is 2.23. The molecule has 1 amide bonds. The summed E-state index contributed by atoms with van der Waals surface area (Å²) in [7, 11) is 1.56. The number of amides is 1. The van der Waals surface area contributed by atoms with Crippen molar-refractivity contribution in [2.45, 2.75) is 26.3 Å². The van der Waals surface area contributed by atoms with Crippen molar-refractivity contribution in [1.82, 2.24) is 10.2 Å². The standard InChI is InChI=1S/C11H22N2O2/c1-9(2)10-7-13(6-4-5-12-10)11(14)8-15-3/h9-10,12H,4-8H2,1-3H3. The summed E-state index contributed by atoms with van der Waals surface area (Å²) >= 11 is 0. The number of ether oxygens (including phenoxy) is 1. The Bertz CT molecular complexity index is 207. The van der Waals surface area contributed by atoms with E-state index in [4.69, 9.17) is 4.74 Å². The van der Waals surface area contributed by atoms with E-state index in [1.807, 2.05) is 4.90 Å². The maximum atomic E-state index is 11.7. The zero-order valence-corrected chi connectivity index (χ0v) is 9.95. The van der Waals surface area contributed by atoms with Crippen LogP contribution in [0.4, 0.5) is 0 Å². The molecule has 0 saturated carbocycles. The Kier molecular flexibility index (Phi) is 5.05. The number of nitrogens with one attached hydrogen (secondary N) is 1. The van der Waals surface area contributed by atoms with Crippen molar-refractivity contribution < 1.29 is 9.53 Å². The molecule has 15 heavy (non-hydrogen) atoms. The summed E-state index contributed by atoms with van der Waals surface area (Å²) in [6, 6.07) is 0.410. The molecule has 1 rings (SSSR count). The van der Waals surface area contributed by atoms with Crippen LogP contribution in [0.5, 0.6) is 0 Å². The summed E-state index contributed by atoms with van der Waals surface area (Å²) in [5.74, 6) is 0.660. The van der Waals surface area contributed by atoms with E-state index in [1.54, 1.807) is 7.11 Å². The smallest absolute Gasteiger partial charge is 0.248 e. The maximum absolute atomic E-state index is 11.7. The van der Waals surface area contributed by atoms with E-state index in [-0.39, 0.29) is 12.5 Å². The average molecular weight is 214 g/mol. The van der Waals surface area contributed by atoms with Gasteiger partial charge in [0.2, 0.25) is 5.91 Å². The SMILES string of the molecule is COCC(=O)N1CCCNC(C(C)C)C1. The fraction of sp³-hybridized carbons (Fsp3) is 0.909. The third-order valence-corrected chi connectivity index (χ3v) is 2.85. The molecule has 0 spiro atoms. The average Bonchev–Trinajstić information content (AvgIpc) is 2.43. The highest BCUT2D eigenvalue weighted by atomic mass is 16.5. The van der Waals surface area contributed by atoms with Crippen molar-refractivity contribution in [2.24, 2.45) is 5.92 Å². The fourth-order valence-corrected chi connectivity index (χ4v) is 1.84. The van der Waals surface area contributed by atoms with Crippen LogP contribution in [0.25, 0.3) is 0 Å². The van der Waals surface area contributed by atoms with Gasteiger partial charge in [0.05, 0.1) is 0 Å². The first-order chi connectivity index (χ1) is 7.15. The molecule has 1 aliphatic heterocycles. The lowest BCUT2D eigenvalue weighted by Crippen LogP contribution is -2.44. The van der Waals surface area contributed by atoms with Crippen LogP contribution in [-0.2, 0) is 9.53 Å². The zero-order valence-electron chi connectivity index (χ0n) is 9.95. The molecule has 0 aromatic heterocycles. The second-order valence-electron chi connectivity index (χ2n) is 4.43. The van der Waals surface area contributed by atoms with Gasteiger partial charge < -0.3 is 15.0 Å². The topological polar surface area (TPSA) is 41.6 Å². The molecule has 1 atom stereocenters. The van der Waals surface area contributed by atoms with Crippen LogP contribution >= 0.6 is 0 Å². The minimum absolute atomic E-state index is 0.104. The third-order valence-electron chi connectivity index (χ3n) is 2.85. The molecule has 1 fully saturated rings. The van der Waals surface area contributed by atoms with Crippen molar-refractivity contribution in [3.05, 3.63) is 0 Å². The molecule has 88 valence electrons. The van der Waals surface area contributed by atoms with Gasteiger partial charge in [-0.3, -0.25) is 4.79 Å². The molecule has 0 aromatic carbocycles. The summed E-state index contributed by atoms with van der Waals surface area (Å²) in [6.45, 7) is 7.21. The molecule has 0 aromatic rings. The number of rotatable bonds is 3. The lowest BCUT2D eigenvalue weighted by atomic mass is 10.0. The quantitative estimate of drug-likeness (QED) is 0.743. The van der Waals surface area contributed by atoms with E-state index < -0.39 is 0 Å². The van der Waals surface area contributed by atoms with Crippen LogP contribution in [0.2, 0.25) is 0 Å². The van der Waals surface area contributed by atoms with E-state index in [1.165, 1.54) is 0 Å². The summed E-state index contributed by atoms with van der Waals surface area (Å²) in [5, 5.41) is 3.47. The van der Waals surface area contributed by atoms with Crippen LogP contribution in [0.15, 0.2) is 0 Å². The van der Waals surface area contributed by atoms with E-state index in [9.17, 15) is 4.79 Å². The molecule has 1 heterocycles. The molecule has 4 nitrogen and oxygen atoms in total. The number of methoxy groups -OCH3 is 1. The van der Waals surface area contributed by atoms with Crippen molar-refractivity contribution in [3.63, 3.8) is 0 Å². The first-order valence-corrected chi connectivity index (χ1v) is 5.65. The lowest BCUT2D eigenvalue weighted by molar-refractivity contribution is -0.135. The highest BCUT2D eigenvalue weighted by Crippen LogP contribution is 2.08. The van der Waals surface area contributed by atoms with Crippen molar-refractivity contribution in [3.8, 4) is 0 Å². The Balaban J connectivity index is 2.52. The number of nitrogens with zero attached hydrogens (tertiary/aromatic N) is 1. The number of carbonyl (C=O) groups excluding carboxylic acids is 1. The van der Waals surface area contributed by atoms with Gasteiger partial charge in [-0.05, 0) is 18.9 Å². The highest BCUT2D eigenvalue weighted by molar-refractivity contribution is 5.77. The van der Waals surface area contributed by atoms with Crippen molar-refractivity contribution >= 4 is 5.91 Å². The van der Waals surface area contributed by atoms with Crippen LogP contribution in [0.1, 0.15) is 20.3 Å². The minimum atomic E-state index is 0.104. The van der Waals surface area contributed by atoms with Gasteiger partial charge in [-0.2, -0.15) is 0 Å². The van der Waals surface area contributed by atoms with E-state index in [2.05, 4.69) is 19.2 Å². The predicted octanol–water partition coefficient (Wildman–Crippen LogP) is 0.479. The summed E-state index contributed by atoms with van der Waals surface area (Å²) in [4.78, 5) is 13.6. The van der Waals surface area contributed by atoms with Crippen molar-refractivity contribution in [2.75, 3.05) is 33.4 Å². The van der Waals surface area contributed by atoms with Crippen molar-refractivity contribution in [1.29, 1.82) is 0 Å². The first-order valence-electron chi connectivity index (χ1n) is 5.65. The third kappa shape index (κ3) is 3.80. The molecule has 0 bridgehead atoms. The lowest BCUT2D eigenvalue weighted by Gasteiger charge is -2.26. The predicted molar refractivity (Wildman–Crippen MR) is 59.7 cm³/mol. The second-order valence-corrected chi connectivity index (χ2v) is 4.43. The first kappa shape index (κ1) is 12.5. The molecule has 0 aliphatic carbocycles. The van der Waals surface area contributed by atoms with E-state index in [0.29, 0.717) is 12.0 Å². The van der Waals surface area contributed by atoms with Crippen LogP contribution in [-0.4, -0.2) is 50.2 Å². The molecule has 0 radical (unpaired) electrons. The normalized spacial score (nSPS) is 22.9. The van der Waals surface area contributed by atoms with Crippen LogP contribution in [0.3, 0.4) is 0 Å². The number of hydrogen-bond acceptors (Lipinski definition) is 3. The van der Waals surface area contributed by atoms with Gasteiger partial charge in [0, 0.05) is 26.2 Å². The van der Waals surface area contributed by atoms with E-state index >= 15 is 0 Å². The molecule has 1 N–H and O–H groups in total. The van der Waals surface area contributed by atoms with Gasteiger partial charge in [0.1, 0.15) is 6.61 Å². The van der Waals surface area contributed by atoms with Crippen LogP contribution in [0, 0.1) is 5.92 Å². The maximum Gasteiger partial charge on any atom is 0.248 e. The molecule has 1 saturated heterocycles. The fourth-order valence-electron chi connectivity index (χ4n) is 1.84. The Labute approximate surface area is 92.0 Å². The Morgan fingerprint density at radius 1 is 1.60 bits per heavy atom.